The Morgan fingerprint density at radius 3 is 1.67 bits per heavy atom. The maximum atomic E-state index is 6.36. The number of nitrogens with zero attached hydrogens (tertiary/aromatic N) is 1. The van der Waals surface area contributed by atoms with E-state index in [-0.39, 0.29) is 0 Å². The average Bonchev–Trinajstić information content (AvgIpc) is 2.86. The summed E-state index contributed by atoms with van der Waals surface area (Å²) in [5.74, 6) is 1.75. The molecule has 0 fully saturated rings. The van der Waals surface area contributed by atoms with Crippen LogP contribution in [0.4, 0.5) is 0 Å². The molecule has 1 aliphatic heterocycles. The third kappa shape index (κ3) is 5.72. The predicted octanol–water partition coefficient (Wildman–Crippen LogP) is 6.12. The van der Waals surface area contributed by atoms with E-state index in [1.165, 1.54) is 14.2 Å². The molecule has 0 spiro atoms. The Kier molecular flexibility index (Phi) is 7.65. The molecule has 0 bridgehead atoms. The van der Waals surface area contributed by atoms with Crippen LogP contribution in [-0.4, -0.2) is 21.3 Å². The molecule has 0 aromatic heterocycles. The van der Waals surface area contributed by atoms with Crippen LogP contribution in [0.1, 0.15) is 0 Å². The fourth-order valence-electron chi connectivity index (χ4n) is 3.11. The Morgan fingerprint density at radius 1 is 0.667 bits per heavy atom. The van der Waals surface area contributed by atoms with Crippen LogP contribution in [0.3, 0.4) is 0 Å². The monoisotopic (exact) mass is 511 g/mol. The summed E-state index contributed by atoms with van der Waals surface area (Å²) >= 11 is 0. The van der Waals surface area contributed by atoms with Crippen molar-refractivity contribution in [1.82, 2.24) is 9.72 Å². The Balaban J connectivity index is 1.81. The summed E-state index contributed by atoms with van der Waals surface area (Å²) in [6.07, 6.45) is 0. The summed E-state index contributed by atoms with van der Waals surface area (Å²) in [4.78, 5) is 6.64. The van der Waals surface area contributed by atoms with E-state index < -0.39 is 23.7 Å². The third-order valence-corrected chi connectivity index (χ3v) is 14.8. The van der Waals surface area contributed by atoms with Gasteiger partial charge in [-0.3, -0.25) is 0 Å². The van der Waals surface area contributed by atoms with Crippen LogP contribution in [-0.2, 0) is 13.6 Å². The Morgan fingerprint density at radius 2 is 1.18 bits per heavy atom. The average molecular weight is 511 g/mol. The number of hydrogen-bond donors (Lipinski definition) is 2. The summed E-state index contributed by atoms with van der Waals surface area (Å²) in [5.41, 5.74) is 0. The second kappa shape index (κ2) is 10.5. The normalized spacial score (nSPS) is 22.9. The first-order chi connectivity index (χ1) is 16.0. The van der Waals surface area contributed by atoms with Crippen LogP contribution in [0, 0.1) is 0 Å². The molecular formula is C21H28N3O6P3. The molecule has 1 heterocycles. The molecule has 0 saturated heterocycles. The SMILES string of the molecule is COP1(Oc2ccccc2)=N[PH](OC)(Oc2ccccc2)N[PH](OC)(Oc2ccccc2)N1. The minimum absolute atomic E-state index is 0.572. The van der Waals surface area contributed by atoms with E-state index in [4.69, 9.17) is 31.7 Å². The quantitative estimate of drug-likeness (QED) is 0.332. The van der Waals surface area contributed by atoms with Crippen LogP contribution in [0.25, 0.3) is 0 Å². The van der Waals surface area contributed by atoms with Gasteiger partial charge in [-0.2, -0.15) is 0 Å². The zero-order chi connectivity index (χ0) is 23.2. The molecule has 9 nitrogen and oxygen atoms in total. The molecule has 0 aliphatic carbocycles. The van der Waals surface area contributed by atoms with Crippen LogP contribution >= 0.6 is 23.7 Å². The van der Waals surface area contributed by atoms with Crippen molar-refractivity contribution in [3.8, 4) is 17.2 Å². The Labute approximate surface area is 194 Å². The molecule has 12 heteroatoms. The van der Waals surface area contributed by atoms with E-state index >= 15 is 0 Å². The zero-order valence-corrected chi connectivity index (χ0v) is 21.4. The number of hydrogen-bond acceptors (Lipinski definition) is 9. The minimum atomic E-state index is -3.59. The molecular weight excluding hydrogens is 483 g/mol. The molecule has 1 unspecified atom stereocenters. The van der Waals surface area contributed by atoms with Crippen LogP contribution in [0.15, 0.2) is 95.5 Å². The van der Waals surface area contributed by atoms with Crippen molar-refractivity contribution < 1.29 is 27.1 Å². The molecule has 0 saturated carbocycles. The van der Waals surface area contributed by atoms with Crippen LogP contribution in [0.5, 0.6) is 17.2 Å². The standard InChI is InChI=1S/C21H28N3O6P3/c1-25-31(28-19-13-7-4-8-14-19)22-32(26-2,29-20-15-9-5-10-16-20)24-33(23-31,27-3)30-21-17-11-6-12-18-21/h4-18,22-23,31-32H,1-3H3. The van der Waals surface area contributed by atoms with Crippen LogP contribution < -0.4 is 23.3 Å². The molecule has 4 rings (SSSR count). The van der Waals surface area contributed by atoms with Gasteiger partial charge >= 0.3 is 195 Å². The van der Waals surface area contributed by atoms with Gasteiger partial charge < -0.3 is 0 Å². The van der Waals surface area contributed by atoms with Gasteiger partial charge in [0.15, 0.2) is 0 Å². The van der Waals surface area contributed by atoms with E-state index in [0.29, 0.717) is 17.2 Å². The summed E-state index contributed by atoms with van der Waals surface area (Å²) < 4.78 is 41.6. The van der Waals surface area contributed by atoms with Crippen molar-refractivity contribution in [3.05, 3.63) is 91.0 Å². The van der Waals surface area contributed by atoms with Crippen molar-refractivity contribution in [3.63, 3.8) is 0 Å². The number of para-hydroxylation sites is 3. The van der Waals surface area contributed by atoms with Gasteiger partial charge in [0.05, 0.1) is 0 Å². The summed E-state index contributed by atoms with van der Waals surface area (Å²) in [5, 5.41) is 0. The van der Waals surface area contributed by atoms with E-state index in [0.717, 1.165) is 0 Å². The maximum absolute atomic E-state index is 6.36. The van der Waals surface area contributed by atoms with Gasteiger partial charge in [0.1, 0.15) is 0 Å². The summed E-state index contributed by atoms with van der Waals surface area (Å²) in [6, 6.07) is 27.9. The van der Waals surface area contributed by atoms with Crippen molar-refractivity contribution in [2.24, 2.45) is 4.52 Å². The molecule has 3 aromatic rings. The molecule has 33 heavy (non-hydrogen) atoms. The molecule has 3 aromatic carbocycles. The number of nitrogens with one attached hydrogen (secondary N) is 2. The van der Waals surface area contributed by atoms with Crippen molar-refractivity contribution in [2.75, 3.05) is 21.3 Å². The number of rotatable bonds is 9. The third-order valence-electron chi connectivity index (χ3n) is 4.66. The Bertz CT molecular complexity index is 1100. The van der Waals surface area contributed by atoms with Gasteiger partial charge in [0.2, 0.25) is 0 Å². The molecule has 2 N–H and O–H groups in total. The predicted molar refractivity (Wildman–Crippen MR) is 134 cm³/mol. The van der Waals surface area contributed by atoms with Crippen molar-refractivity contribution >= 4 is 23.7 Å². The topological polar surface area (TPSA) is 91.8 Å². The second-order valence-corrected chi connectivity index (χ2v) is 14.8. The van der Waals surface area contributed by atoms with E-state index in [9.17, 15) is 0 Å². The first-order valence-electron chi connectivity index (χ1n) is 10.1. The van der Waals surface area contributed by atoms with Gasteiger partial charge in [-0.15, -0.1) is 0 Å². The van der Waals surface area contributed by atoms with Gasteiger partial charge in [-0.1, -0.05) is 0 Å². The number of benzene rings is 3. The zero-order valence-electron chi connectivity index (χ0n) is 18.5. The van der Waals surface area contributed by atoms with E-state index in [1.807, 2.05) is 91.0 Å². The van der Waals surface area contributed by atoms with Gasteiger partial charge in [-0.25, -0.2) is 0 Å². The molecule has 0 radical (unpaired) electrons. The molecule has 1 aliphatic rings. The van der Waals surface area contributed by atoms with Crippen molar-refractivity contribution in [2.45, 2.75) is 0 Å². The first-order valence-corrected chi connectivity index (χ1v) is 15.3. The van der Waals surface area contributed by atoms with Gasteiger partial charge in [0.25, 0.3) is 0 Å². The first kappa shape index (κ1) is 24.1. The van der Waals surface area contributed by atoms with Gasteiger partial charge in [0, 0.05) is 0 Å². The van der Waals surface area contributed by atoms with E-state index in [2.05, 4.69) is 9.72 Å². The fraction of sp³-hybridized carbons (Fsp3) is 0.143. The second-order valence-electron chi connectivity index (χ2n) is 6.88. The molecule has 1 atom stereocenters. The Hall–Kier alpha value is -2.05. The summed E-state index contributed by atoms with van der Waals surface area (Å²) in [7, 11) is -5.71. The summed E-state index contributed by atoms with van der Waals surface area (Å²) in [6.45, 7) is 0. The van der Waals surface area contributed by atoms with Gasteiger partial charge in [-0.05, 0) is 0 Å². The fourth-order valence-corrected chi connectivity index (χ4v) is 14.5. The van der Waals surface area contributed by atoms with Crippen LogP contribution in [0.2, 0.25) is 0 Å². The molecule has 178 valence electrons. The van der Waals surface area contributed by atoms with Crippen molar-refractivity contribution in [1.29, 1.82) is 0 Å². The van der Waals surface area contributed by atoms with E-state index in [1.54, 1.807) is 7.11 Å². The molecule has 0 amide bonds.